The van der Waals surface area contributed by atoms with E-state index in [1.165, 1.54) is 6.07 Å². The zero-order valence-electron chi connectivity index (χ0n) is 15.9. The third-order valence-corrected chi connectivity index (χ3v) is 4.67. The van der Waals surface area contributed by atoms with E-state index in [0.29, 0.717) is 23.6 Å². The predicted octanol–water partition coefficient (Wildman–Crippen LogP) is 3.60. The Balaban J connectivity index is 2.73. The maximum atomic E-state index is 12.5. The summed E-state index contributed by atoms with van der Waals surface area (Å²) in [4.78, 5) is 27.3. The van der Waals surface area contributed by atoms with Crippen LogP contribution in [0, 0.1) is 5.92 Å². The van der Waals surface area contributed by atoms with E-state index in [-0.39, 0.29) is 22.8 Å². The first-order chi connectivity index (χ1) is 12.3. The Morgan fingerprint density at radius 2 is 1.81 bits per heavy atom. The molecule has 0 aliphatic carbocycles. The molecule has 1 aromatic rings. The number of amides is 2. The van der Waals surface area contributed by atoms with Gasteiger partial charge in [0.2, 0.25) is 5.91 Å². The van der Waals surface area contributed by atoms with Crippen molar-refractivity contribution >= 4 is 35.0 Å². The minimum Gasteiger partial charge on any atom is -0.353 e. The van der Waals surface area contributed by atoms with Gasteiger partial charge < -0.3 is 15.5 Å². The molecule has 2 N–H and O–H groups in total. The number of nitrogens with one attached hydrogen (secondary N) is 2. The van der Waals surface area contributed by atoms with Crippen molar-refractivity contribution in [2.75, 3.05) is 26.2 Å². The number of hydrogen-bond acceptors (Lipinski definition) is 3. The van der Waals surface area contributed by atoms with Crippen LogP contribution in [0.3, 0.4) is 0 Å². The summed E-state index contributed by atoms with van der Waals surface area (Å²) >= 11 is 12.0. The molecule has 2 amide bonds. The summed E-state index contributed by atoms with van der Waals surface area (Å²) in [6, 6.07) is 4.07. The van der Waals surface area contributed by atoms with Crippen molar-refractivity contribution in [1.82, 2.24) is 15.5 Å². The third-order valence-electron chi connectivity index (χ3n) is 4.13. The molecule has 1 aromatic carbocycles. The molecule has 5 nitrogen and oxygen atoms in total. The fraction of sp³-hybridized carbons (Fsp3) is 0.579. The number of carbonyl (C=O) groups excluding carboxylic acids is 2. The molecule has 1 unspecified atom stereocenters. The molecule has 0 aliphatic rings. The van der Waals surface area contributed by atoms with Gasteiger partial charge in [-0.15, -0.1) is 0 Å². The van der Waals surface area contributed by atoms with E-state index in [9.17, 15) is 9.59 Å². The molecule has 0 aliphatic heterocycles. The molecular weight excluding hydrogens is 373 g/mol. The van der Waals surface area contributed by atoms with Gasteiger partial charge in [0.05, 0.1) is 10.6 Å². The monoisotopic (exact) mass is 401 g/mol. The molecule has 7 heteroatoms. The zero-order chi connectivity index (χ0) is 19.7. The Labute approximate surface area is 166 Å². The first kappa shape index (κ1) is 22.7. The van der Waals surface area contributed by atoms with E-state index in [1.54, 1.807) is 12.1 Å². The lowest BCUT2D eigenvalue weighted by atomic mass is 10.0. The van der Waals surface area contributed by atoms with Gasteiger partial charge in [-0.25, -0.2) is 0 Å². The lowest BCUT2D eigenvalue weighted by Crippen LogP contribution is -2.48. The van der Waals surface area contributed by atoms with Crippen molar-refractivity contribution < 1.29 is 9.59 Å². The largest absolute Gasteiger partial charge is 0.353 e. The second kappa shape index (κ2) is 11.4. The Morgan fingerprint density at radius 1 is 1.15 bits per heavy atom. The van der Waals surface area contributed by atoms with Gasteiger partial charge >= 0.3 is 0 Å². The highest BCUT2D eigenvalue weighted by atomic mass is 35.5. The van der Waals surface area contributed by atoms with Gasteiger partial charge in [0.25, 0.3) is 5.91 Å². The highest BCUT2D eigenvalue weighted by molar-refractivity contribution is 6.36. The van der Waals surface area contributed by atoms with Gasteiger partial charge in [-0.05, 0) is 43.6 Å². The van der Waals surface area contributed by atoms with Crippen molar-refractivity contribution in [1.29, 1.82) is 0 Å². The number of nitrogens with zero attached hydrogens (tertiary/aromatic N) is 1. The van der Waals surface area contributed by atoms with E-state index in [4.69, 9.17) is 23.2 Å². The average Bonchev–Trinajstić information content (AvgIpc) is 2.57. The number of hydrogen-bond donors (Lipinski definition) is 2. The molecule has 1 rings (SSSR count). The highest BCUT2D eigenvalue weighted by Crippen LogP contribution is 2.21. The van der Waals surface area contributed by atoms with Crippen LogP contribution in [0.15, 0.2) is 18.2 Å². The van der Waals surface area contributed by atoms with Crippen LogP contribution in [0.2, 0.25) is 10.0 Å². The van der Waals surface area contributed by atoms with Crippen LogP contribution in [0.4, 0.5) is 0 Å². The summed E-state index contributed by atoms with van der Waals surface area (Å²) in [7, 11) is 0. The van der Waals surface area contributed by atoms with E-state index in [0.717, 1.165) is 19.6 Å². The minimum absolute atomic E-state index is 0.177. The van der Waals surface area contributed by atoms with E-state index in [2.05, 4.69) is 29.4 Å². The van der Waals surface area contributed by atoms with Gasteiger partial charge in [-0.1, -0.05) is 50.9 Å². The second-order valence-corrected chi connectivity index (χ2v) is 7.44. The van der Waals surface area contributed by atoms with Crippen LogP contribution in [0.5, 0.6) is 0 Å². The summed E-state index contributed by atoms with van der Waals surface area (Å²) in [5.41, 5.74) is 0.306. The summed E-state index contributed by atoms with van der Waals surface area (Å²) in [6.45, 7) is 11.4. The van der Waals surface area contributed by atoms with E-state index < -0.39 is 6.04 Å². The van der Waals surface area contributed by atoms with Gasteiger partial charge in [0.15, 0.2) is 0 Å². The fourth-order valence-electron chi connectivity index (χ4n) is 2.61. The smallest absolute Gasteiger partial charge is 0.253 e. The number of halogens is 2. The van der Waals surface area contributed by atoms with Gasteiger partial charge in [0.1, 0.15) is 6.04 Å². The lowest BCUT2D eigenvalue weighted by Gasteiger charge is -2.22. The van der Waals surface area contributed by atoms with Crippen molar-refractivity contribution in [2.45, 2.75) is 40.2 Å². The predicted molar refractivity (Wildman–Crippen MR) is 108 cm³/mol. The molecule has 0 saturated heterocycles. The van der Waals surface area contributed by atoms with Crippen LogP contribution in [-0.4, -0.2) is 48.9 Å². The molecule has 0 spiro atoms. The Morgan fingerprint density at radius 3 is 2.35 bits per heavy atom. The van der Waals surface area contributed by atoms with Crippen LogP contribution < -0.4 is 10.6 Å². The van der Waals surface area contributed by atoms with E-state index in [1.807, 2.05) is 13.8 Å². The van der Waals surface area contributed by atoms with Crippen LogP contribution >= 0.6 is 23.2 Å². The SMILES string of the molecule is CCN(CC)CCNC(=O)C(CC(C)C)NC(=O)c1ccc(Cl)cc1Cl. The normalized spacial score (nSPS) is 12.3. The molecule has 0 fully saturated rings. The number of benzene rings is 1. The van der Waals surface area contributed by atoms with Crippen LogP contribution in [0.1, 0.15) is 44.5 Å². The summed E-state index contributed by atoms with van der Waals surface area (Å²) in [5, 5.41) is 6.44. The minimum atomic E-state index is -0.606. The first-order valence-electron chi connectivity index (χ1n) is 9.04. The maximum absolute atomic E-state index is 12.5. The summed E-state index contributed by atoms with van der Waals surface area (Å²) < 4.78 is 0. The van der Waals surface area contributed by atoms with Gasteiger partial charge in [-0.3, -0.25) is 9.59 Å². The Hall–Kier alpha value is -1.30. The highest BCUT2D eigenvalue weighted by Gasteiger charge is 2.23. The molecule has 0 bridgehead atoms. The number of likely N-dealkylation sites (N-methyl/N-ethyl adjacent to an activating group) is 1. The third kappa shape index (κ3) is 7.52. The molecule has 0 saturated carbocycles. The molecule has 0 heterocycles. The van der Waals surface area contributed by atoms with Crippen molar-refractivity contribution in [3.05, 3.63) is 33.8 Å². The quantitative estimate of drug-likeness (QED) is 0.629. The fourth-order valence-corrected chi connectivity index (χ4v) is 3.11. The Bertz CT molecular complexity index is 604. The summed E-state index contributed by atoms with van der Waals surface area (Å²) in [6.07, 6.45) is 0.550. The van der Waals surface area contributed by atoms with Crippen molar-refractivity contribution in [2.24, 2.45) is 5.92 Å². The molecule has 26 heavy (non-hydrogen) atoms. The van der Waals surface area contributed by atoms with Crippen molar-refractivity contribution in [3.63, 3.8) is 0 Å². The topological polar surface area (TPSA) is 61.4 Å². The van der Waals surface area contributed by atoms with Crippen molar-refractivity contribution in [3.8, 4) is 0 Å². The van der Waals surface area contributed by atoms with Crippen LogP contribution in [0.25, 0.3) is 0 Å². The van der Waals surface area contributed by atoms with Gasteiger partial charge in [-0.2, -0.15) is 0 Å². The average molecular weight is 402 g/mol. The van der Waals surface area contributed by atoms with E-state index >= 15 is 0 Å². The molecule has 0 aromatic heterocycles. The second-order valence-electron chi connectivity index (χ2n) is 6.60. The Kier molecular flexibility index (Phi) is 9.99. The standard InChI is InChI=1S/C19H29Cl2N3O2/c1-5-24(6-2)10-9-22-19(26)17(11-13(3)4)23-18(25)15-8-7-14(20)12-16(15)21/h7-8,12-13,17H,5-6,9-11H2,1-4H3,(H,22,26)(H,23,25). The number of rotatable bonds is 10. The van der Waals surface area contributed by atoms with Gasteiger partial charge in [0, 0.05) is 18.1 Å². The summed E-state index contributed by atoms with van der Waals surface area (Å²) in [5.74, 6) is -0.296. The molecule has 146 valence electrons. The number of carbonyl (C=O) groups is 2. The molecule has 1 atom stereocenters. The molecular formula is C19H29Cl2N3O2. The maximum Gasteiger partial charge on any atom is 0.253 e. The molecule has 0 radical (unpaired) electrons. The lowest BCUT2D eigenvalue weighted by molar-refractivity contribution is -0.123. The first-order valence-corrected chi connectivity index (χ1v) is 9.80. The van der Waals surface area contributed by atoms with Crippen LogP contribution in [-0.2, 0) is 4.79 Å². The zero-order valence-corrected chi connectivity index (χ0v) is 17.5.